The lowest BCUT2D eigenvalue weighted by Crippen LogP contribution is -2.24. The van der Waals surface area contributed by atoms with Crippen LogP contribution in [0.1, 0.15) is 42.6 Å². The van der Waals surface area contributed by atoms with E-state index in [1.165, 1.54) is 6.21 Å². The number of hydrogen-bond donors (Lipinski definition) is 1. The zero-order valence-electron chi connectivity index (χ0n) is 20.4. The van der Waals surface area contributed by atoms with E-state index in [0.717, 1.165) is 18.6 Å². The zero-order valence-corrected chi connectivity index (χ0v) is 20.4. The van der Waals surface area contributed by atoms with Crippen molar-refractivity contribution in [3.05, 3.63) is 83.9 Å². The van der Waals surface area contributed by atoms with E-state index in [1.807, 2.05) is 13.0 Å². The number of esters is 1. The highest BCUT2D eigenvalue weighted by Crippen LogP contribution is 2.29. The number of benzene rings is 3. The van der Waals surface area contributed by atoms with Crippen molar-refractivity contribution in [1.82, 2.24) is 5.43 Å². The second-order valence-electron chi connectivity index (χ2n) is 7.65. The predicted molar refractivity (Wildman–Crippen MR) is 137 cm³/mol. The van der Waals surface area contributed by atoms with Crippen LogP contribution in [0, 0.1) is 0 Å². The maximum Gasteiger partial charge on any atom is 0.343 e. The van der Waals surface area contributed by atoms with Crippen molar-refractivity contribution in [2.45, 2.75) is 26.7 Å². The van der Waals surface area contributed by atoms with Gasteiger partial charge in [0.25, 0.3) is 5.91 Å². The van der Waals surface area contributed by atoms with Crippen LogP contribution in [0.5, 0.6) is 23.0 Å². The molecule has 0 saturated carbocycles. The quantitative estimate of drug-likeness (QED) is 0.119. The number of ether oxygens (including phenoxy) is 4. The van der Waals surface area contributed by atoms with Crippen LogP contribution in [0.3, 0.4) is 0 Å². The summed E-state index contributed by atoms with van der Waals surface area (Å²) in [5, 5.41) is 3.96. The molecule has 188 valence electrons. The van der Waals surface area contributed by atoms with Gasteiger partial charge in [0.05, 0.1) is 25.0 Å². The molecular formula is C28H30N2O6. The number of nitrogens with one attached hydrogen (secondary N) is 1. The van der Waals surface area contributed by atoms with Crippen LogP contribution in [0.2, 0.25) is 0 Å². The number of carbonyl (C=O) groups is 2. The minimum absolute atomic E-state index is 0.189. The Hall–Kier alpha value is -4.33. The summed E-state index contributed by atoms with van der Waals surface area (Å²) in [5.74, 6) is 1.11. The Bertz CT molecular complexity index is 1150. The van der Waals surface area contributed by atoms with Gasteiger partial charge >= 0.3 is 5.97 Å². The van der Waals surface area contributed by atoms with Crippen molar-refractivity contribution in [3.8, 4) is 23.0 Å². The maximum atomic E-state index is 12.4. The van der Waals surface area contributed by atoms with Crippen LogP contribution in [0.15, 0.2) is 77.9 Å². The molecule has 8 heteroatoms. The molecule has 8 nitrogen and oxygen atoms in total. The average molecular weight is 491 g/mol. The number of rotatable bonds is 13. The number of nitrogens with zero attached hydrogens (tertiary/aromatic N) is 1. The number of hydrazone groups is 1. The van der Waals surface area contributed by atoms with Crippen molar-refractivity contribution in [2.75, 3.05) is 19.8 Å². The van der Waals surface area contributed by atoms with Gasteiger partial charge in [0, 0.05) is 0 Å². The van der Waals surface area contributed by atoms with Crippen molar-refractivity contribution in [1.29, 1.82) is 0 Å². The van der Waals surface area contributed by atoms with Crippen LogP contribution in [-0.4, -0.2) is 37.9 Å². The Balaban J connectivity index is 1.50. The van der Waals surface area contributed by atoms with Gasteiger partial charge in [-0.05, 0) is 73.5 Å². The number of unbranched alkanes of at least 4 members (excludes halogenated alkanes) is 1. The summed E-state index contributed by atoms with van der Waals surface area (Å²) in [6.07, 6.45) is 3.53. The number of hydrogen-bond acceptors (Lipinski definition) is 7. The minimum atomic E-state index is -0.483. The van der Waals surface area contributed by atoms with E-state index in [-0.39, 0.29) is 6.61 Å². The Morgan fingerprint density at radius 1 is 0.861 bits per heavy atom. The predicted octanol–water partition coefficient (Wildman–Crippen LogP) is 5.01. The Morgan fingerprint density at radius 2 is 1.58 bits per heavy atom. The van der Waals surface area contributed by atoms with Crippen molar-refractivity contribution in [3.63, 3.8) is 0 Å². The van der Waals surface area contributed by atoms with Crippen LogP contribution in [0.4, 0.5) is 0 Å². The first kappa shape index (κ1) is 26.3. The SMILES string of the molecule is CCCCOc1ccc(OCC(=O)N/N=C/c2ccc(OC(=O)c3ccccc3)c(OCC)c2)cc1. The number of carbonyl (C=O) groups excluding carboxylic acids is 2. The summed E-state index contributed by atoms with van der Waals surface area (Å²) in [5.41, 5.74) is 3.51. The second kappa shape index (κ2) is 14.2. The molecule has 0 aromatic heterocycles. The lowest BCUT2D eigenvalue weighted by atomic mass is 10.2. The van der Waals surface area contributed by atoms with E-state index in [1.54, 1.807) is 66.7 Å². The first-order valence-electron chi connectivity index (χ1n) is 11.8. The standard InChI is InChI=1S/C28H30N2O6/c1-3-5-17-34-23-12-14-24(15-13-23)35-20-27(31)30-29-19-21-11-16-25(26(18-21)33-4-2)36-28(32)22-9-7-6-8-10-22/h6-16,18-19H,3-5,17,20H2,1-2H3,(H,30,31)/b29-19+. The molecule has 3 aromatic carbocycles. The van der Waals surface area contributed by atoms with Gasteiger partial charge in [-0.15, -0.1) is 0 Å². The molecule has 0 saturated heterocycles. The monoisotopic (exact) mass is 490 g/mol. The summed E-state index contributed by atoms with van der Waals surface area (Å²) >= 11 is 0. The molecule has 0 bridgehead atoms. The highest BCUT2D eigenvalue weighted by atomic mass is 16.6. The Kier molecular flexibility index (Phi) is 10.3. The molecule has 3 aromatic rings. The highest BCUT2D eigenvalue weighted by Gasteiger charge is 2.13. The molecule has 0 atom stereocenters. The van der Waals surface area contributed by atoms with Gasteiger partial charge in [-0.2, -0.15) is 5.10 Å². The van der Waals surface area contributed by atoms with Gasteiger partial charge in [-0.1, -0.05) is 31.5 Å². The average Bonchev–Trinajstić information content (AvgIpc) is 2.90. The maximum absolute atomic E-state index is 12.4. The molecule has 1 N–H and O–H groups in total. The molecule has 0 aliphatic heterocycles. The smallest absolute Gasteiger partial charge is 0.343 e. The van der Waals surface area contributed by atoms with Gasteiger partial charge in [0.2, 0.25) is 0 Å². The summed E-state index contributed by atoms with van der Waals surface area (Å²) in [7, 11) is 0. The molecule has 1 amide bonds. The van der Waals surface area contributed by atoms with Gasteiger partial charge < -0.3 is 18.9 Å². The van der Waals surface area contributed by atoms with E-state index in [2.05, 4.69) is 17.5 Å². The third-order valence-corrected chi connectivity index (χ3v) is 4.84. The van der Waals surface area contributed by atoms with E-state index >= 15 is 0 Å². The summed E-state index contributed by atoms with van der Waals surface area (Å²) in [6.45, 7) is 4.81. The highest BCUT2D eigenvalue weighted by molar-refractivity contribution is 5.91. The molecule has 0 aliphatic rings. The largest absolute Gasteiger partial charge is 0.494 e. The molecule has 0 heterocycles. The van der Waals surface area contributed by atoms with Gasteiger partial charge in [0.1, 0.15) is 11.5 Å². The van der Waals surface area contributed by atoms with Gasteiger partial charge in [-0.25, -0.2) is 10.2 Å². The summed E-state index contributed by atoms with van der Waals surface area (Å²) < 4.78 is 22.2. The number of amides is 1. The molecular weight excluding hydrogens is 460 g/mol. The molecule has 36 heavy (non-hydrogen) atoms. The first-order chi connectivity index (χ1) is 17.6. The molecule has 0 aliphatic carbocycles. The lowest BCUT2D eigenvalue weighted by Gasteiger charge is -2.11. The van der Waals surface area contributed by atoms with Crippen LogP contribution in [-0.2, 0) is 4.79 Å². The fourth-order valence-electron chi connectivity index (χ4n) is 3.02. The van der Waals surface area contributed by atoms with Crippen LogP contribution in [0.25, 0.3) is 0 Å². The van der Waals surface area contributed by atoms with Crippen molar-refractivity contribution < 1.29 is 28.5 Å². The third-order valence-electron chi connectivity index (χ3n) is 4.84. The minimum Gasteiger partial charge on any atom is -0.494 e. The zero-order chi connectivity index (χ0) is 25.6. The molecule has 0 spiro atoms. The Morgan fingerprint density at radius 3 is 2.28 bits per heavy atom. The lowest BCUT2D eigenvalue weighted by molar-refractivity contribution is -0.123. The van der Waals surface area contributed by atoms with Crippen molar-refractivity contribution in [2.24, 2.45) is 5.10 Å². The van der Waals surface area contributed by atoms with Crippen molar-refractivity contribution >= 4 is 18.1 Å². The van der Waals surface area contributed by atoms with Crippen LogP contribution >= 0.6 is 0 Å². The molecule has 0 fully saturated rings. The van der Waals surface area contributed by atoms with Crippen LogP contribution < -0.4 is 24.4 Å². The topological polar surface area (TPSA) is 95.5 Å². The van der Waals surface area contributed by atoms with Gasteiger partial charge in [-0.3, -0.25) is 4.79 Å². The van der Waals surface area contributed by atoms with E-state index in [9.17, 15) is 9.59 Å². The van der Waals surface area contributed by atoms with E-state index in [4.69, 9.17) is 18.9 Å². The molecule has 0 radical (unpaired) electrons. The Labute approximate surface area is 210 Å². The molecule has 3 rings (SSSR count). The van der Waals surface area contributed by atoms with E-state index < -0.39 is 11.9 Å². The van der Waals surface area contributed by atoms with E-state index in [0.29, 0.717) is 41.6 Å². The second-order valence-corrected chi connectivity index (χ2v) is 7.65. The normalized spacial score (nSPS) is 10.6. The first-order valence-corrected chi connectivity index (χ1v) is 11.8. The molecule has 0 unspecified atom stereocenters. The fourth-order valence-corrected chi connectivity index (χ4v) is 3.02. The summed E-state index contributed by atoms with van der Waals surface area (Å²) in [6, 6.07) is 20.8. The fraction of sp³-hybridized carbons (Fsp3) is 0.250. The summed E-state index contributed by atoms with van der Waals surface area (Å²) in [4.78, 5) is 24.4. The third kappa shape index (κ3) is 8.47. The van der Waals surface area contributed by atoms with Gasteiger partial charge in [0.15, 0.2) is 18.1 Å².